The van der Waals surface area contributed by atoms with Crippen molar-refractivity contribution in [3.8, 4) is 0 Å². The molecule has 0 saturated heterocycles. The molecular weight excluding hydrogens is 737 g/mol. The molecule has 2 atom stereocenters. The molecule has 0 aromatic carbocycles. The number of esters is 2. The highest BCUT2D eigenvalue weighted by molar-refractivity contribution is 7.47. The van der Waals surface area contributed by atoms with Gasteiger partial charge in [-0.1, -0.05) is 148 Å². The number of nitrogens with two attached hydrogens (primary N) is 1. The van der Waals surface area contributed by atoms with Crippen LogP contribution in [0.5, 0.6) is 0 Å². The smallest absolute Gasteiger partial charge is 0.462 e. The fraction of sp³-hybridized carbons (Fsp3) is 0.532. The van der Waals surface area contributed by atoms with Gasteiger partial charge in [0.05, 0.1) is 13.2 Å². The molecule has 0 heterocycles. The minimum absolute atomic E-state index is 0.0307. The van der Waals surface area contributed by atoms with E-state index in [1.54, 1.807) is 0 Å². The Kier molecular flexibility index (Phi) is 39.4. The minimum Gasteiger partial charge on any atom is -0.462 e. The van der Waals surface area contributed by atoms with Crippen LogP contribution in [-0.4, -0.2) is 49.3 Å². The molecule has 0 amide bonds. The fourth-order valence-corrected chi connectivity index (χ4v) is 5.59. The highest BCUT2D eigenvalue weighted by Gasteiger charge is 2.25. The minimum atomic E-state index is -4.41. The van der Waals surface area contributed by atoms with E-state index in [2.05, 4.69) is 123 Å². The van der Waals surface area contributed by atoms with Gasteiger partial charge < -0.3 is 20.1 Å². The van der Waals surface area contributed by atoms with Gasteiger partial charge in [-0.25, -0.2) is 4.57 Å². The molecule has 0 fully saturated rings. The van der Waals surface area contributed by atoms with Crippen molar-refractivity contribution in [2.24, 2.45) is 5.73 Å². The van der Waals surface area contributed by atoms with Gasteiger partial charge in [0.15, 0.2) is 6.10 Å². The van der Waals surface area contributed by atoms with Crippen LogP contribution in [0.2, 0.25) is 0 Å². The average Bonchev–Trinajstić information content (AvgIpc) is 3.20. The quantitative estimate of drug-likeness (QED) is 0.0272. The third-order valence-corrected chi connectivity index (χ3v) is 8.84. The number of hydrogen-bond donors (Lipinski definition) is 2. The number of phosphoric acid groups is 1. The van der Waals surface area contributed by atoms with Gasteiger partial charge in [-0.15, -0.1) is 0 Å². The Labute approximate surface area is 345 Å². The lowest BCUT2D eigenvalue weighted by Gasteiger charge is -2.19. The Balaban J connectivity index is 4.38. The maximum absolute atomic E-state index is 12.5. The first-order chi connectivity index (χ1) is 27.8. The molecule has 0 aromatic rings. The van der Waals surface area contributed by atoms with Crippen LogP contribution in [0.4, 0.5) is 0 Å². The van der Waals surface area contributed by atoms with Gasteiger partial charge >= 0.3 is 19.8 Å². The fourth-order valence-electron chi connectivity index (χ4n) is 4.83. The third-order valence-electron chi connectivity index (χ3n) is 7.86. The lowest BCUT2D eigenvalue weighted by molar-refractivity contribution is -0.161. The van der Waals surface area contributed by atoms with E-state index in [0.717, 1.165) is 89.9 Å². The van der Waals surface area contributed by atoms with Gasteiger partial charge in [0, 0.05) is 19.4 Å². The van der Waals surface area contributed by atoms with Gasteiger partial charge in [-0.3, -0.25) is 18.6 Å². The van der Waals surface area contributed by atoms with Crippen molar-refractivity contribution in [2.75, 3.05) is 26.4 Å². The van der Waals surface area contributed by atoms with Gasteiger partial charge in [-0.2, -0.15) is 0 Å². The van der Waals surface area contributed by atoms with Crippen LogP contribution < -0.4 is 5.73 Å². The highest BCUT2D eigenvalue weighted by atomic mass is 31.2. The maximum atomic E-state index is 12.5. The van der Waals surface area contributed by atoms with Crippen molar-refractivity contribution in [3.05, 3.63) is 122 Å². The molecule has 0 saturated carbocycles. The molecule has 320 valence electrons. The summed E-state index contributed by atoms with van der Waals surface area (Å²) in [6.45, 7) is 3.35. The SMILES string of the molecule is CC/C=C\C/C=C\C/C=C\C/C=C\C/C=C\C/C=C\CCC(=O)OC(COC(=O)CCCCCC/C=C\C/C=C\C/C=C\C/C=C\CC)COP(=O)(O)OCCN. The van der Waals surface area contributed by atoms with E-state index in [-0.39, 0.29) is 32.6 Å². The predicted molar refractivity (Wildman–Crippen MR) is 237 cm³/mol. The van der Waals surface area contributed by atoms with Gasteiger partial charge in [0.1, 0.15) is 6.61 Å². The second-order valence-electron chi connectivity index (χ2n) is 13.1. The summed E-state index contributed by atoms with van der Waals surface area (Å²) >= 11 is 0. The van der Waals surface area contributed by atoms with Crippen molar-refractivity contribution in [2.45, 2.75) is 136 Å². The summed E-state index contributed by atoms with van der Waals surface area (Å²) in [6.07, 6.45) is 56.7. The zero-order valence-electron chi connectivity index (χ0n) is 35.0. The first kappa shape index (κ1) is 53.4. The van der Waals surface area contributed by atoms with E-state index in [0.29, 0.717) is 12.8 Å². The van der Waals surface area contributed by atoms with Gasteiger partial charge in [-0.05, 0) is 89.9 Å². The molecule has 0 bridgehead atoms. The van der Waals surface area contributed by atoms with Crippen LogP contribution in [0, 0.1) is 0 Å². The Hall–Kier alpha value is -3.59. The molecule has 0 aromatic heterocycles. The molecule has 2 unspecified atom stereocenters. The number of carbonyl (C=O) groups excluding carboxylic acids is 2. The Morgan fingerprint density at radius 2 is 0.947 bits per heavy atom. The largest absolute Gasteiger partial charge is 0.472 e. The zero-order valence-corrected chi connectivity index (χ0v) is 35.9. The van der Waals surface area contributed by atoms with E-state index in [1.807, 2.05) is 12.2 Å². The summed E-state index contributed by atoms with van der Waals surface area (Å²) in [7, 11) is -4.41. The van der Waals surface area contributed by atoms with Crippen LogP contribution in [0.15, 0.2) is 122 Å². The molecule has 57 heavy (non-hydrogen) atoms. The van der Waals surface area contributed by atoms with E-state index >= 15 is 0 Å². The van der Waals surface area contributed by atoms with Crippen LogP contribution in [-0.2, 0) is 32.7 Å². The van der Waals surface area contributed by atoms with E-state index in [9.17, 15) is 19.0 Å². The average molecular weight is 812 g/mol. The lowest BCUT2D eigenvalue weighted by atomic mass is 10.1. The summed E-state index contributed by atoms with van der Waals surface area (Å²) in [5.41, 5.74) is 5.34. The van der Waals surface area contributed by atoms with Crippen LogP contribution in [0.1, 0.15) is 129 Å². The number of rotatable bonds is 37. The summed E-state index contributed by atoms with van der Waals surface area (Å²) in [5, 5.41) is 0. The molecule has 3 N–H and O–H groups in total. The monoisotopic (exact) mass is 812 g/mol. The van der Waals surface area contributed by atoms with Gasteiger partial charge in [0.25, 0.3) is 0 Å². The van der Waals surface area contributed by atoms with Crippen molar-refractivity contribution in [1.29, 1.82) is 0 Å². The zero-order chi connectivity index (χ0) is 41.8. The Morgan fingerprint density at radius 3 is 1.40 bits per heavy atom. The number of unbranched alkanes of at least 4 members (excludes halogenated alkanes) is 4. The second-order valence-corrected chi connectivity index (χ2v) is 14.5. The molecular formula is C47H74NO8P. The van der Waals surface area contributed by atoms with Crippen LogP contribution >= 0.6 is 7.82 Å². The summed E-state index contributed by atoms with van der Waals surface area (Å²) in [5.74, 6) is -0.970. The molecule has 0 spiro atoms. The normalized spacial score (nSPS) is 14.5. The molecule has 0 rings (SSSR count). The topological polar surface area (TPSA) is 134 Å². The standard InChI is InChI=1S/C47H74NO8P/c1-3-5-7-9-11-13-15-17-19-21-22-24-26-28-30-32-34-36-38-40-47(50)56-45(44-55-57(51,52)54-42-41-48)43-53-46(49)39-37-35-33-31-29-27-25-23-20-18-16-14-12-10-8-6-4-2/h5-8,11-14,17-20,22,24-25,27-28,30,34,36,45H,3-4,9-10,15-16,21,23,26,29,31-33,35,37-44,48H2,1-2H3,(H,51,52)/b7-5-,8-6-,13-11-,14-12-,19-17-,20-18-,24-22-,27-25-,30-28-,36-34-. The van der Waals surface area contributed by atoms with Crippen molar-refractivity contribution >= 4 is 19.8 Å². The first-order valence-corrected chi connectivity index (χ1v) is 22.5. The number of allylic oxidation sites excluding steroid dienone is 20. The molecule has 9 nitrogen and oxygen atoms in total. The van der Waals surface area contributed by atoms with Crippen LogP contribution in [0.3, 0.4) is 0 Å². The van der Waals surface area contributed by atoms with Crippen molar-refractivity contribution in [1.82, 2.24) is 0 Å². The first-order valence-electron chi connectivity index (χ1n) is 21.0. The molecule has 0 aliphatic rings. The molecule has 10 heteroatoms. The number of ether oxygens (including phenoxy) is 2. The number of phosphoric ester groups is 1. The lowest BCUT2D eigenvalue weighted by Crippen LogP contribution is -2.29. The molecule has 0 aliphatic heterocycles. The van der Waals surface area contributed by atoms with E-state index in [4.69, 9.17) is 24.3 Å². The summed E-state index contributed by atoms with van der Waals surface area (Å²) in [4.78, 5) is 34.8. The number of carbonyl (C=O) groups is 2. The maximum Gasteiger partial charge on any atom is 0.472 e. The van der Waals surface area contributed by atoms with E-state index < -0.39 is 32.5 Å². The van der Waals surface area contributed by atoms with E-state index in [1.165, 1.54) is 0 Å². The summed E-state index contributed by atoms with van der Waals surface area (Å²) < 4.78 is 32.6. The van der Waals surface area contributed by atoms with Crippen molar-refractivity contribution < 1.29 is 37.6 Å². The van der Waals surface area contributed by atoms with Crippen LogP contribution in [0.25, 0.3) is 0 Å². The van der Waals surface area contributed by atoms with Crippen molar-refractivity contribution in [3.63, 3.8) is 0 Å². The predicted octanol–water partition coefficient (Wildman–Crippen LogP) is 12.2. The highest BCUT2D eigenvalue weighted by Crippen LogP contribution is 2.43. The Morgan fingerprint density at radius 1 is 0.526 bits per heavy atom. The molecule has 0 aliphatic carbocycles. The molecule has 0 radical (unpaired) electrons. The Bertz CT molecular complexity index is 1340. The third kappa shape index (κ3) is 41.9. The number of hydrogen-bond acceptors (Lipinski definition) is 8. The second kappa shape index (κ2) is 42.0. The van der Waals surface area contributed by atoms with Gasteiger partial charge in [0.2, 0.25) is 0 Å². The summed E-state index contributed by atoms with van der Waals surface area (Å²) in [6, 6.07) is 0.